The molecular weight excluding hydrogens is 279 g/mol. The first kappa shape index (κ1) is 9.78. The van der Waals surface area contributed by atoms with Crippen molar-refractivity contribution in [2.45, 2.75) is 3.74 Å². The van der Waals surface area contributed by atoms with Crippen LogP contribution in [0.2, 0.25) is 0 Å². The van der Waals surface area contributed by atoms with Crippen molar-refractivity contribution in [2.75, 3.05) is 0 Å². The Balaban J connectivity index is 4.24. The fourth-order valence-corrected chi connectivity index (χ4v) is 1.98. The fraction of sp³-hybridized carbons (Fsp3) is 0.500. The molecule has 0 atom stereocenters. The average Bonchev–Trinajstić information content (AvgIpc) is 1.62. The Labute approximate surface area is 68.1 Å². The van der Waals surface area contributed by atoms with Crippen LogP contribution in [0.1, 0.15) is 0 Å². The van der Waals surface area contributed by atoms with Crippen molar-refractivity contribution in [1.29, 1.82) is 0 Å². The number of halogens is 2. The molecule has 0 aromatic heterocycles. The van der Waals surface area contributed by atoms with E-state index in [9.17, 15) is 9.36 Å². The van der Waals surface area contributed by atoms with Crippen LogP contribution in [0.5, 0.6) is 0 Å². The molecule has 9 heavy (non-hydrogen) atoms. The van der Waals surface area contributed by atoms with E-state index in [2.05, 4.69) is 31.9 Å². The number of carbonyl (C=O) groups is 1. The van der Waals surface area contributed by atoms with E-state index < -0.39 is 16.9 Å². The van der Waals surface area contributed by atoms with Crippen LogP contribution in [-0.4, -0.2) is 19.0 Å². The summed E-state index contributed by atoms with van der Waals surface area (Å²) in [5.41, 5.74) is -1.16. The first-order valence-electron chi connectivity index (χ1n) is 1.74. The quantitative estimate of drug-likeness (QED) is 0.580. The Bertz CT molecular complexity index is 160. The summed E-state index contributed by atoms with van der Waals surface area (Å²) >= 11 is 5.30. The van der Waals surface area contributed by atoms with E-state index in [1.54, 1.807) is 0 Å². The maximum atomic E-state index is 10.3. The summed E-state index contributed by atoms with van der Waals surface area (Å²) in [6, 6.07) is 0. The molecular formula is C2H3Br2O4P. The lowest BCUT2D eigenvalue weighted by atomic mass is 10.9. The maximum absolute atomic E-state index is 10.3. The summed E-state index contributed by atoms with van der Waals surface area (Å²) in [6.07, 6.45) is 0. The monoisotopic (exact) mass is 280 g/mol. The second-order valence-corrected chi connectivity index (χ2v) is 5.77. The molecule has 0 saturated carbocycles. The van der Waals surface area contributed by atoms with Crippen LogP contribution in [-0.2, 0) is 9.36 Å². The van der Waals surface area contributed by atoms with Gasteiger partial charge in [0.15, 0.2) is 0 Å². The third-order valence-corrected chi connectivity index (χ3v) is 2.85. The predicted molar refractivity (Wildman–Crippen MR) is 38.7 cm³/mol. The van der Waals surface area contributed by atoms with Crippen LogP contribution in [0.25, 0.3) is 0 Å². The Hall–Kier alpha value is 0.780. The molecule has 0 rings (SSSR count). The first-order chi connectivity index (χ1) is 3.85. The molecule has 0 heterocycles. The van der Waals surface area contributed by atoms with Crippen molar-refractivity contribution < 1.29 is 19.1 Å². The predicted octanol–water partition coefficient (Wildman–Crippen LogP) is 0.807. The van der Waals surface area contributed by atoms with Crippen molar-refractivity contribution in [3.8, 4) is 0 Å². The molecule has 0 bridgehead atoms. The lowest BCUT2D eigenvalue weighted by Gasteiger charge is -2.00. The Morgan fingerprint density at radius 1 is 1.44 bits per heavy atom. The zero-order valence-corrected chi connectivity index (χ0v) is 8.06. The summed E-state index contributed by atoms with van der Waals surface area (Å²) in [6.45, 7) is 0. The topological polar surface area (TPSA) is 74.6 Å². The second-order valence-electron chi connectivity index (χ2n) is 1.18. The molecule has 0 saturated heterocycles. The highest BCUT2D eigenvalue weighted by Gasteiger charge is 2.30. The van der Waals surface area contributed by atoms with E-state index >= 15 is 0 Å². The van der Waals surface area contributed by atoms with Crippen molar-refractivity contribution in [3.63, 3.8) is 0 Å². The van der Waals surface area contributed by atoms with Crippen molar-refractivity contribution in [2.24, 2.45) is 0 Å². The van der Waals surface area contributed by atoms with Crippen LogP contribution < -0.4 is 0 Å². The normalized spacial score (nSPS) is 12.1. The Kier molecular flexibility index (Phi) is 3.54. The van der Waals surface area contributed by atoms with Crippen LogP contribution in [0.15, 0.2) is 0 Å². The molecule has 0 radical (unpaired) electrons. The number of carbonyl (C=O) groups excluding carboxylic acids is 1. The third kappa shape index (κ3) is 3.47. The second kappa shape index (κ2) is 3.25. The van der Waals surface area contributed by atoms with Gasteiger partial charge in [0.25, 0.3) is 5.52 Å². The molecule has 0 aliphatic rings. The van der Waals surface area contributed by atoms with Gasteiger partial charge in [0.05, 0.1) is 0 Å². The maximum Gasteiger partial charge on any atom is 0.393 e. The van der Waals surface area contributed by atoms with Crippen LogP contribution in [0.3, 0.4) is 0 Å². The van der Waals surface area contributed by atoms with E-state index in [0.717, 1.165) is 0 Å². The van der Waals surface area contributed by atoms with Gasteiger partial charge in [0, 0.05) is 0 Å². The summed E-state index contributed by atoms with van der Waals surface area (Å²) in [7, 11) is -4.55. The van der Waals surface area contributed by atoms with E-state index in [0.29, 0.717) is 0 Å². The molecule has 0 spiro atoms. The standard InChI is InChI=1S/C2H3Br2O4P/c3-1(4)2(5)9(6,7)8/h1H,(H2,6,7,8). The van der Waals surface area contributed by atoms with Crippen LogP contribution >= 0.6 is 39.5 Å². The highest BCUT2D eigenvalue weighted by atomic mass is 79.9. The zero-order chi connectivity index (χ0) is 7.65. The average molecular weight is 282 g/mol. The molecule has 0 fully saturated rings. The van der Waals surface area contributed by atoms with Gasteiger partial charge >= 0.3 is 7.60 Å². The SMILES string of the molecule is O=C(C(Br)Br)P(=O)(O)O. The molecule has 0 aliphatic carbocycles. The highest BCUT2D eigenvalue weighted by Crippen LogP contribution is 2.40. The largest absolute Gasteiger partial charge is 0.393 e. The van der Waals surface area contributed by atoms with Gasteiger partial charge in [-0.15, -0.1) is 0 Å². The minimum absolute atomic E-state index is 0.967. The van der Waals surface area contributed by atoms with Gasteiger partial charge in [-0.05, 0) is 0 Å². The molecule has 0 aromatic carbocycles. The Morgan fingerprint density at radius 2 is 1.78 bits per heavy atom. The Morgan fingerprint density at radius 3 is 1.78 bits per heavy atom. The first-order valence-corrected chi connectivity index (χ1v) is 5.18. The van der Waals surface area contributed by atoms with Gasteiger partial charge in [-0.1, -0.05) is 31.9 Å². The van der Waals surface area contributed by atoms with Gasteiger partial charge in [-0.3, -0.25) is 9.36 Å². The van der Waals surface area contributed by atoms with Crippen LogP contribution in [0.4, 0.5) is 0 Å². The lowest BCUT2D eigenvalue weighted by molar-refractivity contribution is -0.111. The smallest absolute Gasteiger partial charge is 0.319 e. The van der Waals surface area contributed by atoms with Gasteiger partial charge in [-0.2, -0.15) is 0 Å². The number of rotatable bonds is 2. The van der Waals surface area contributed by atoms with Gasteiger partial charge in [-0.25, -0.2) is 0 Å². The minimum atomic E-state index is -4.55. The van der Waals surface area contributed by atoms with Crippen molar-refractivity contribution >= 4 is 45.0 Å². The summed E-state index contributed by atoms with van der Waals surface area (Å²) in [4.78, 5) is 26.6. The van der Waals surface area contributed by atoms with E-state index in [1.165, 1.54) is 0 Å². The molecule has 0 aliphatic heterocycles. The number of hydrogen-bond donors (Lipinski definition) is 2. The molecule has 2 N–H and O–H groups in total. The molecule has 7 heteroatoms. The van der Waals surface area contributed by atoms with Crippen LogP contribution in [0, 0.1) is 0 Å². The minimum Gasteiger partial charge on any atom is -0.319 e. The zero-order valence-electron chi connectivity index (χ0n) is 3.99. The molecule has 0 amide bonds. The number of hydrogen-bond acceptors (Lipinski definition) is 2. The van der Waals surface area contributed by atoms with E-state index in [4.69, 9.17) is 9.79 Å². The number of alkyl halides is 2. The third-order valence-electron chi connectivity index (χ3n) is 0.474. The van der Waals surface area contributed by atoms with Gasteiger partial charge in [0.2, 0.25) is 0 Å². The lowest BCUT2D eigenvalue weighted by Crippen LogP contribution is -2.05. The molecule has 4 nitrogen and oxygen atoms in total. The fourth-order valence-electron chi connectivity index (χ4n) is 0.127. The van der Waals surface area contributed by atoms with Gasteiger partial charge < -0.3 is 9.79 Å². The van der Waals surface area contributed by atoms with E-state index in [1.807, 2.05) is 0 Å². The summed E-state index contributed by atoms with van der Waals surface area (Å²) in [5.74, 6) is 0. The van der Waals surface area contributed by atoms with Crippen molar-refractivity contribution in [1.82, 2.24) is 0 Å². The highest BCUT2D eigenvalue weighted by molar-refractivity contribution is 9.25. The van der Waals surface area contributed by atoms with Gasteiger partial charge in [0.1, 0.15) is 3.74 Å². The summed E-state index contributed by atoms with van der Waals surface area (Å²) in [5, 5.41) is 0. The van der Waals surface area contributed by atoms with E-state index in [-0.39, 0.29) is 0 Å². The van der Waals surface area contributed by atoms with Crippen molar-refractivity contribution in [3.05, 3.63) is 0 Å². The summed E-state index contributed by atoms with van der Waals surface area (Å²) < 4.78 is 9.09. The molecule has 0 aromatic rings. The molecule has 54 valence electrons. The molecule has 0 unspecified atom stereocenters.